The number of rotatable bonds is 2. The van der Waals surface area contributed by atoms with Crippen molar-refractivity contribution in [3.63, 3.8) is 0 Å². The molecule has 0 amide bonds. The maximum Gasteiger partial charge on any atom is 0.324 e. The molecular formula is C10H10N2O3S. The fraction of sp³-hybridized carbons (Fsp3) is 0.200. The average Bonchev–Trinajstić information content (AvgIpc) is 2.27. The smallest absolute Gasteiger partial charge is 0.324 e. The van der Waals surface area contributed by atoms with Crippen molar-refractivity contribution in [1.29, 1.82) is 0 Å². The Bertz CT molecular complexity index is 645. The molecule has 0 saturated carbocycles. The highest BCUT2D eigenvalue weighted by atomic mass is 32.1. The lowest BCUT2D eigenvalue weighted by molar-refractivity contribution is 0.355. The molecule has 0 aliphatic rings. The van der Waals surface area contributed by atoms with Gasteiger partial charge in [-0.1, -0.05) is 12.2 Å². The fourth-order valence-electron chi connectivity index (χ4n) is 1.49. The summed E-state index contributed by atoms with van der Waals surface area (Å²) in [4.78, 5) is 16.4. The Kier molecular flexibility index (Phi) is 2.66. The molecule has 5 nitrogen and oxygen atoms in total. The van der Waals surface area contributed by atoms with Crippen molar-refractivity contribution in [2.75, 3.05) is 14.2 Å². The normalized spacial score (nSPS) is 10.4. The van der Waals surface area contributed by atoms with E-state index in [0.29, 0.717) is 27.0 Å². The molecular weight excluding hydrogens is 228 g/mol. The van der Waals surface area contributed by atoms with Crippen molar-refractivity contribution in [2.24, 2.45) is 0 Å². The van der Waals surface area contributed by atoms with E-state index in [2.05, 4.69) is 9.97 Å². The molecule has 6 heteroatoms. The standard InChI is InChI=1S/C10H10N2O3S/c1-14-7-3-5-6(4-8(7)15-2)11-10(13)12-9(5)16/h3-4H,1-2H3,(H2,11,12,13,16). The largest absolute Gasteiger partial charge is 0.493 e. The first-order chi connectivity index (χ1) is 7.65. The van der Waals surface area contributed by atoms with E-state index in [1.54, 1.807) is 19.2 Å². The van der Waals surface area contributed by atoms with Crippen LogP contribution in [0.25, 0.3) is 10.9 Å². The molecule has 0 bridgehead atoms. The van der Waals surface area contributed by atoms with Crippen molar-refractivity contribution in [1.82, 2.24) is 9.97 Å². The summed E-state index contributed by atoms with van der Waals surface area (Å²) in [7, 11) is 3.08. The van der Waals surface area contributed by atoms with Crippen molar-refractivity contribution in [2.45, 2.75) is 0 Å². The number of nitrogens with one attached hydrogen (secondary N) is 2. The highest BCUT2D eigenvalue weighted by Crippen LogP contribution is 2.30. The van der Waals surface area contributed by atoms with Gasteiger partial charge in [-0.05, 0) is 6.07 Å². The summed E-state index contributed by atoms with van der Waals surface area (Å²) in [6, 6.07) is 3.40. The molecule has 2 rings (SSSR count). The van der Waals surface area contributed by atoms with E-state index in [1.807, 2.05) is 0 Å². The number of ether oxygens (including phenoxy) is 2. The van der Waals surface area contributed by atoms with E-state index < -0.39 is 0 Å². The van der Waals surface area contributed by atoms with E-state index in [0.717, 1.165) is 0 Å². The van der Waals surface area contributed by atoms with Crippen molar-refractivity contribution >= 4 is 23.1 Å². The molecule has 1 aromatic carbocycles. The van der Waals surface area contributed by atoms with Crippen LogP contribution < -0.4 is 15.2 Å². The van der Waals surface area contributed by atoms with Gasteiger partial charge in [0.1, 0.15) is 4.64 Å². The zero-order valence-electron chi connectivity index (χ0n) is 8.79. The summed E-state index contributed by atoms with van der Waals surface area (Å²) < 4.78 is 10.7. The van der Waals surface area contributed by atoms with Crippen LogP contribution in [0.5, 0.6) is 11.5 Å². The molecule has 1 heterocycles. The lowest BCUT2D eigenvalue weighted by atomic mass is 10.2. The third kappa shape index (κ3) is 1.67. The van der Waals surface area contributed by atoms with Crippen LogP contribution in [0, 0.1) is 4.64 Å². The van der Waals surface area contributed by atoms with Gasteiger partial charge in [0.05, 0.1) is 19.7 Å². The fourth-order valence-corrected chi connectivity index (χ4v) is 1.76. The van der Waals surface area contributed by atoms with Gasteiger partial charge in [-0.2, -0.15) is 0 Å². The Balaban J connectivity index is 2.88. The second kappa shape index (κ2) is 3.97. The maximum absolute atomic E-state index is 11.2. The Morgan fingerprint density at radius 3 is 2.38 bits per heavy atom. The average molecular weight is 238 g/mol. The zero-order chi connectivity index (χ0) is 11.7. The molecule has 0 aliphatic heterocycles. The van der Waals surface area contributed by atoms with Gasteiger partial charge in [0.15, 0.2) is 11.5 Å². The molecule has 2 aromatic rings. The highest BCUT2D eigenvalue weighted by Gasteiger charge is 2.07. The van der Waals surface area contributed by atoms with E-state index in [4.69, 9.17) is 21.7 Å². The van der Waals surface area contributed by atoms with E-state index in [1.165, 1.54) is 7.11 Å². The Labute approximate surface area is 96.0 Å². The summed E-state index contributed by atoms with van der Waals surface area (Å²) in [6.07, 6.45) is 0. The second-order valence-corrected chi connectivity index (χ2v) is 3.57. The van der Waals surface area contributed by atoms with Crippen LogP contribution in [-0.4, -0.2) is 24.2 Å². The number of fused-ring (bicyclic) bond motifs is 1. The highest BCUT2D eigenvalue weighted by molar-refractivity contribution is 7.71. The molecule has 0 aliphatic carbocycles. The topological polar surface area (TPSA) is 67.1 Å². The summed E-state index contributed by atoms with van der Waals surface area (Å²) in [5, 5.41) is 0.715. The Hall–Kier alpha value is -1.82. The Morgan fingerprint density at radius 1 is 1.12 bits per heavy atom. The number of methoxy groups -OCH3 is 2. The van der Waals surface area contributed by atoms with Gasteiger partial charge in [0.25, 0.3) is 0 Å². The van der Waals surface area contributed by atoms with Crippen molar-refractivity contribution in [3.8, 4) is 11.5 Å². The summed E-state index contributed by atoms with van der Waals surface area (Å²) in [6.45, 7) is 0. The first-order valence-electron chi connectivity index (χ1n) is 4.54. The zero-order valence-corrected chi connectivity index (χ0v) is 9.60. The summed E-state index contributed by atoms with van der Waals surface area (Å²) >= 11 is 5.06. The lowest BCUT2D eigenvalue weighted by Gasteiger charge is -2.08. The predicted molar refractivity (Wildman–Crippen MR) is 62.9 cm³/mol. The number of hydrogen-bond acceptors (Lipinski definition) is 4. The van der Waals surface area contributed by atoms with Crippen molar-refractivity contribution < 1.29 is 9.47 Å². The first kappa shape index (κ1) is 10.7. The third-order valence-electron chi connectivity index (χ3n) is 2.24. The molecule has 84 valence electrons. The van der Waals surface area contributed by atoms with Crippen LogP contribution in [0.15, 0.2) is 16.9 Å². The van der Waals surface area contributed by atoms with Crippen LogP contribution in [0.2, 0.25) is 0 Å². The molecule has 0 unspecified atom stereocenters. The van der Waals surface area contributed by atoms with Gasteiger partial charge in [0.2, 0.25) is 0 Å². The van der Waals surface area contributed by atoms with Gasteiger partial charge >= 0.3 is 5.69 Å². The second-order valence-electron chi connectivity index (χ2n) is 3.16. The quantitative estimate of drug-likeness (QED) is 0.780. The van der Waals surface area contributed by atoms with Crippen LogP contribution in [0.1, 0.15) is 0 Å². The Morgan fingerprint density at radius 2 is 1.75 bits per heavy atom. The van der Waals surface area contributed by atoms with Crippen LogP contribution in [0.3, 0.4) is 0 Å². The van der Waals surface area contributed by atoms with Gasteiger partial charge in [-0.3, -0.25) is 4.98 Å². The van der Waals surface area contributed by atoms with Crippen LogP contribution >= 0.6 is 12.2 Å². The molecule has 0 radical (unpaired) electrons. The molecule has 0 spiro atoms. The lowest BCUT2D eigenvalue weighted by Crippen LogP contribution is -2.10. The molecule has 1 aromatic heterocycles. The molecule has 0 fully saturated rings. The van der Waals surface area contributed by atoms with Crippen molar-refractivity contribution in [3.05, 3.63) is 27.3 Å². The minimum atomic E-state index is -0.343. The molecule has 0 atom stereocenters. The SMILES string of the molecule is COc1cc2[nH]c(=O)[nH]c(=S)c2cc1OC. The van der Waals surface area contributed by atoms with E-state index >= 15 is 0 Å². The number of H-pyrrole nitrogens is 2. The first-order valence-corrected chi connectivity index (χ1v) is 4.95. The summed E-state index contributed by atoms with van der Waals surface area (Å²) in [5.41, 5.74) is 0.274. The number of benzene rings is 1. The monoisotopic (exact) mass is 238 g/mol. The van der Waals surface area contributed by atoms with Crippen LogP contribution in [-0.2, 0) is 0 Å². The van der Waals surface area contributed by atoms with Crippen LogP contribution in [0.4, 0.5) is 0 Å². The van der Waals surface area contributed by atoms with Gasteiger partial charge in [-0.25, -0.2) is 4.79 Å². The van der Waals surface area contributed by atoms with E-state index in [9.17, 15) is 4.79 Å². The molecule has 2 N–H and O–H groups in total. The maximum atomic E-state index is 11.2. The summed E-state index contributed by atoms with van der Waals surface area (Å²) in [5.74, 6) is 1.12. The minimum absolute atomic E-state index is 0.343. The van der Waals surface area contributed by atoms with Gasteiger partial charge < -0.3 is 14.5 Å². The number of aromatic nitrogens is 2. The van der Waals surface area contributed by atoms with Gasteiger partial charge in [-0.15, -0.1) is 0 Å². The van der Waals surface area contributed by atoms with E-state index in [-0.39, 0.29) is 5.69 Å². The number of aromatic amines is 2. The van der Waals surface area contributed by atoms with Gasteiger partial charge in [0, 0.05) is 11.5 Å². The third-order valence-corrected chi connectivity index (χ3v) is 2.57. The number of hydrogen-bond donors (Lipinski definition) is 2. The molecule has 0 saturated heterocycles. The minimum Gasteiger partial charge on any atom is -0.493 e. The predicted octanol–water partition coefficient (Wildman–Crippen LogP) is 1.60. The molecule has 16 heavy (non-hydrogen) atoms.